The van der Waals surface area contributed by atoms with Gasteiger partial charge in [-0.1, -0.05) is 5.92 Å². The first kappa shape index (κ1) is 15.8. The standard InChI is InChI=1S/C16H16FNO4/c1-2-7-22-14-9-12(17)5-6-13(14)18-15(19)10-3-4-11(8-10)16(20)21/h1,5-6,9-11H,3-4,7-8H2,(H,18,19)(H,20,21)/t10-,11+/m0/s1. The molecule has 22 heavy (non-hydrogen) atoms. The molecule has 6 heteroatoms. The van der Waals surface area contributed by atoms with Crippen molar-refractivity contribution in [2.24, 2.45) is 11.8 Å². The molecule has 0 radical (unpaired) electrons. The molecule has 0 aromatic heterocycles. The van der Waals surface area contributed by atoms with E-state index in [1.165, 1.54) is 12.1 Å². The van der Waals surface area contributed by atoms with Gasteiger partial charge >= 0.3 is 5.97 Å². The molecule has 0 unspecified atom stereocenters. The lowest BCUT2D eigenvalue weighted by Gasteiger charge is -2.14. The zero-order valence-electron chi connectivity index (χ0n) is 11.8. The van der Waals surface area contributed by atoms with Crippen LogP contribution in [0.25, 0.3) is 0 Å². The van der Waals surface area contributed by atoms with Crippen molar-refractivity contribution in [3.05, 3.63) is 24.0 Å². The number of aliphatic carboxylic acids is 1. The van der Waals surface area contributed by atoms with Crippen LogP contribution in [0.1, 0.15) is 19.3 Å². The van der Waals surface area contributed by atoms with E-state index in [0.29, 0.717) is 24.9 Å². The van der Waals surface area contributed by atoms with Crippen LogP contribution in [-0.2, 0) is 9.59 Å². The lowest BCUT2D eigenvalue weighted by Crippen LogP contribution is -2.22. The zero-order valence-corrected chi connectivity index (χ0v) is 11.8. The molecule has 2 rings (SSSR count). The Labute approximate surface area is 127 Å². The maximum Gasteiger partial charge on any atom is 0.306 e. The van der Waals surface area contributed by atoms with Gasteiger partial charge in [0.1, 0.15) is 18.2 Å². The Kier molecular flexibility index (Phi) is 4.99. The number of benzene rings is 1. The Morgan fingerprint density at radius 3 is 2.77 bits per heavy atom. The highest BCUT2D eigenvalue weighted by atomic mass is 19.1. The van der Waals surface area contributed by atoms with Crippen LogP contribution in [-0.4, -0.2) is 23.6 Å². The van der Waals surface area contributed by atoms with Crippen LogP contribution < -0.4 is 10.1 Å². The number of hydrogen-bond acceptors (Lipinski definition) is 3. The molecule has 0 heterocycles. The van der Waals surface area contributed by atoms with Crippen LogP contribution in [0.5, 0.6) is 5.75 Å². The number of nitrogens with one attached hydrogen (secondary N) is 1. The molecule has 1 amide bonds. The number of rotatable bonds is 5. The zero-order chi connectivity index (χ0) is 16.1. The summed E-state index contributed by atoms with van der Waals surface area (Å²) in [5.41, 5.74) is 0.320. The SMILES string of the molecule is C#CCOc1cc(F)ccc1NC(=O)[C@H]1CC[C@@H](C(=O)O)C1. The number of terminal acetylenes is 1. The molecule has 1 aliphatic rings. The average molecular weight is 305 g/mol. The van der Waals surface area contributed by atoms with E-state index in [0.717, 1.165) is 6.07 Å². The molecule has 0 spiro atoms. The predicted octanol–water partition coefficient (Wildman–Crippen LogP) is 2.28. The molecule has 0 bridgehead atoms. The van der Waals surface area contributed by atoms with Gasteiger partial charge in [-0.2, -0.15) is 0 Å². The molecule has 0 aliphatic heterocycles. The Morgan fingerprint density at radius 2 is 2.14 bits per heavy atom. The second-order valence-electron chi connectivity index (χ2n) is 5.17. The Balaban J connectivity index is 2.05. The molecule has 1 aromatic rings. The maximum absolute atomic E-state index is 13.2. The van der Waals surface area contributed by atoms with Crippen molar-refractivity contribution >= 4 is 17.6 Å². The Bertz CT molecular complexity index is 623. The molecule has 5 nitrogen and oxygen atoms in total. The van der Waals surface area contributed by atoms with Crippen molar-refractivity contribution in [2.75, 3.05) is 11.9 Å². The van der Waals surface area contributed by atoms with Crippen molar-refractivity contribution in [2.45, 2.75) is 19.3 Å². The van der Waals surface area contributed by atoms with E-state index >= 15 is 0 Å². The maximum atomic E-state index is 13.2. The van der Waals surface area contributed by atoms with Gasteiger partial charge < -0.3 is 15.2 Å². The van der Waals surface area contributed by atoms with Gasteiger partial charge in [0.05, 0.1) is 11.6 Å². The molecule has 1 aliphatic carbocycles. The van der Waals surface area contributed by atoms with E-state index in [-0.39, 0.29) is 24.2 Å². The summed E-state index contributed by atoms with van der Waals surface area (Å²) in [7, 11) is 0. The van der Waals surface area contributed by atoms with Crippen molar-refractivity contribution in [3.8, 4) is 18.1 Å². The largest absolute Gasteiger partial charge is 0.481 e. The van der Waals surface area contributed by atoms with Gasteiger partial charge in [-0.15, -0.1) is 6.42 Å². The molecular formula is C16H16FNO4. The molecular weight excluding hydrogens is 289 g/mol. The minimum atomic E-state index is -0.880. The number of carboxylic acids is 1. The van der Waals surface area contributed by atoms with Crippen LogP contribution in [0.2, 0.25) is 0 Å². The fourth-order valence-electron chi connectivity index (χ4n) is 2.52. The summed E-state index contributed by atoms with van der Waals surface area (Å²) in [6.45, 7) is -0.0448. The number of hydrogen-bond donors (Lipinski definition) is 2. The van der Waals surface area contributed by atoms with Crippen molar-refractivity contribution in [1.82, 2.24) is 0 Å². The fourth-order valence-corrected chi connectivity index (χ4v) is 2.52. The van der Waals surface area contributed by atoms with Gasteiger partial charge in [0.25, 0.3) is 0 Å². The van der Waals surface area contributed by atoms with Gasteiger partial charge in [-0.25, -0.2) is 4.39 Å². The predicted molar refractivity (Wildman–Crippen MR) is 77.8 cm³/mol. The van der Waals surface area contributed by atoms with Gasteiger partial charge in [0, 0.05) is 12.0 Å². The second-order valence-corrected chi connectivity index (χ2v) is 5.17. The molecule has 0 saturated heterocycles. The van der Waals surface area contributed by atoms with Gasteiger partial charge in [-0.05, 0) is 31.4 Å². The number of amides is 1. The highest BCUT2D eigenvalue weighted by Crippen LogP contribution is 2.33. The van der Waals surface area contributed by atoms with Crippen molar-refractivity contribution < 1.29 is 23.8 Å². The van der Waals surface area contributed by atoms with E-state index in [9.17, 15) is 14.0 Å². The highest BCUT2D eigenvalue weighted by molar-refractivity contribution is 5.94. The molecule has 1 aromatic carbocycles. The lowest BCUT2D eigenvalue weighted by molar-refractivity contribution is -0.141. The first-order valence-electron chi connectivity index (χ1n) is 6.90. The van der Waals surface area contributed by atoms with Gasteiger partial charge in [-0.3, -0.25) is 9.59 Å². The number of halogens is 1. The first-order chi connectivity index (χ1) is 10.5. The Hall–Kier alpha value is -2.55. The fraction of sp³-hybridized carbons (Fsp3) is 0.375. The summed E-state index contributed by atoms with van der Waals surface area (Å²) < 4.78 is 18.4. The molecule has 2 atom stereocenters. The van der Waals surface area contributed by atoms with E-state index < -0.39 is 17.7 Å². The summed E-state index contributed by atoms with van der Waals surface area (Å²) in [4.78, 5) is 23.1. The Morgan fingerprint density at radius 1 is 1.41 bits per heavy atom. The molecule has 2 N–H and O–H groups in total. The van der Waals surface area contributed by atoms with E-state index in [1.807, 2.05) is 0 Å². The first-order valence-corrected chi connectivity index (χ1v) is 6.90. The van der Waals surface area contributed by atoms with Crippen molar-refractivity contribution in [3.63, 3.8) is 0 Å². The van der Waals surface area contributed by atoms with Gasteiger partial charge in [0.15, 0.2) is 0 Å². The molecule has 116 valence electrons. The van der Waals surface area contributed by atoms with Crippen LogP contribution in [0.4, 0.5) is 10.1 Å². The minimum Gasteiger partial charge on any atom is -0.481 e. The average Bonchev–Trinajstić information content (AvgIpc) is 2.97. The summed E-state index contributed by atoms with van der Waals surface area (Å²) in [6, 6.07) is 3.73. The molecule has 1 fully saturated rings. The number of carbonyl (C=O) groups excluding carboxylic acids is 1. The van der Waals surface area contributed by atoms with E-state index in [4.69, 9.17) is 16.3 Å². The van der Waals surface area contributed by atoms with E-state index in [1.54, 1.807) is 0 Å². The van der Waals surface area contributed by atoms with Crippen molar-refractivity contribution in [1.29, 1.82) is 0 Å². The van der Waals surface area contributed by atoms with Gasteiger partial charge in [0.2, 0.25) is 5.91 Å². The third-order valence-corrected chi connectivity index (χ3v) is 3.67. The van der Waals surface area contributed by atoms with E-state index in [2.05, 4.69) is 11.2 Å². The number of carbonyl (C=O) groups is 2. The summed E-state index contributed by atoms with van der Waals surface area (Å²) in [6.07, 6.45) is 6.41. The third-order valence-electron chi connectivity index (χ3n) is 3.67. The normalized spacial score (nSPS) is 20.2. The van der Waals surface area contributed by atoms with Crippen LogP contribution in [0.3, 0.4) is 0 Å². The summed E-state index contributed by atoms with van der Waals surface area (Å²) in [5.74, 6) is -0.108. The van der Waals surface area contributed by atoms with Crippen LogP contribution in [0, 0.1) is 30.0 Å². The smallest absolute Gasteiger partial charge is 0.306 e. The number of carboxylic acid groups (broad SMARTS) is 1. The minimum absolute atomic E-state index is 0.0448. The summed E-state index contributed by atoms with van der Waals surface area (Å²) >= 11 is 0. The number of ether oxygens (including phenoxy) is 1. The topological polar surface area (TPSA) is 75.6 Å². The monoisotopic (exact) mass is 305 g/mol. The van der Waals surface area contributed by atoms with Crippen LogP contribution >= 0.6 is 0 Å². The van der Waals surface area contributed by atoms with Crippen LogP contribution in [0.15, 0.2) is 18.2 Å². The quantitative estimate of drug-likeness (QED) is 0.818. The third kappa shape index (κ3) is 3.76. The number of anilines is 1. The summed E-state index contributed by atoms with van der Waals surface area (Å²) in [5, 5.41) is 11.6. The molecule has 1 saturated carbocycles. The second kappa shape index (κ2) is 6.94. The lowest BCUT2D eigenvalue weighted by atomic mass is 10.0. The highest BCUT2D eigenvalue weighted by Gasteiger charge is 2.34.